The van der Waals surface area contributed by atoms with Crippen LogP contribution in [-0.2, 0) is 46.1 Å². The van der Waals surface area contributed by atoms with Crippen molar-refractivity contribution in [2.24, 2.45) is 14.1 Å². The lowest BCUT2D eigenvalue weighted by molar-refractivity contribution is 0.0560. The highest BCUT2D eigenvalue weighted by Gasteiger charge is 2.42. The second-order valence-electron chi connectivity index (χ2n) is 13.2. The van der Waals surface area contributed by atoms with Crippen LogP contribution in [0.1, 0.15) is 0 Å². The molecule has 2 atom stereocenters. The lowest BCUT2D eigenvalue weighted by Crippen LogP contribution is -2.27. The molecule has 2 N–H and O–H groups in total. The number of aromatic nitrogens is 10. The van der Waals surface area contributed by atoms with E-state index in [2.05, 4.69) is 45.1 Å². The predicted octanol–water partition coefficient (Wildman–Crippen LogP) is 4.07. The zero-order valence-corrected chi connectivity index (χ0v) is 33.3. The van der Waals surface area contributed by atoms with Crippen molar-refractivity contribution >= 4 is 39.2 Å². The Hall–Kier alpha value is -6.46. The number of carbonyl (C=O) groups is 2. The maximum atomic E-state index is 15.3. The summed E-state index contributed by atoms with van der Waals surface area (Å²) in [5.41, 5.74) is 2.22. The molecule has 2 amide bonds. The number of hydrogen-bond donors (Lipinski definition) is 2. The first-order chi connectivity index (χ1) is 29.1. The molecular formula is C34H30F2N12O11P2. The maximum absolute atomic E-state index is 15.3. The molecule has 23 nitrogen and oxygen atoms in total. The first-order valence-electron chi connectivity index (χ1n) is 17.7. The molecule has 6 aromatic rings. The van der Waals surface area contributed by atoms with Crippen LogP contribution in [0.2, 0.25) is 0 Å². The van der Waals surface area contributed by atoms with Crippen molar-refractivity contribution < 1.29 is 60.1 Å². The molecule has 0 bridgehead atoms. The summed E-state index contributed by atoms with van der Waals surface area (Å²) >= 11 is 0. The number of ether oxygens (including phenoxy) is 2. The van der Waals surface area contributed by atoms with Crippen molar-refractivity contribution in [1.29, 1.82) is 0 Å². The van der Waals surface area contributed by atoms with E-state index in [9.17, 15) is 28.5 Å². The number of benzene rings is 2. The first kappa shape index (κ1) is 41.3. The number of pyridine rings is 2. The molecular weight excluding hydrogens is 852 g/mol. The van der Waals surface area contributed by atoms with Crippen molar-refractivity contribution in [2.75, 3.05) is 36.1 Å². The normalized spacial score (nSPS) is 17.0. The molecule has 0 radical (unpaired) electrons. The summed E-state index contributed by atoms with van der Waals surface area (Å²) in [6, 6.07) is 14.4. The van der Waals surface area contributed by atoms with Crippen LogP contribution >= 0.6 is 15.6 Å². The molecule has 4 aromatic heterocycles. The SMILES string of the molecule is Cn1nnc(-c2ccc(-c3ccc(N4C[C@H](COP(=O)(OC[C@H]5CN(c6ccc(-c7ccc(-c8nnn(C)n8)nc7)c(F)c6)C(=O)O5)OP(=O)(O)O)OC4=O)cc3F)cn2)n1. The van der Waals surface area contributed by atoms with E-state index >= 15 is 8.78 Å². The predicted molar refractivity (Wildman–Crippen MR) is 203 cm³/mol. The van der Waals surface area contributed by atoms with Gasteiger partial charge in [0.25, 0.3) is 0 Å². The van der Waals surface area contributed by atoms with Gasteiger partial charge < -0.3 is 19.3 Å². The van der Waals surface area contributed by atoms with Crippen LogP contribution in [0.3, 0.4) is 0 Å². The van der Waals surface area contributed by atoms with Crippen LogP contribution in [-0.4, -0.2) is 111 Å². The van der Waals surface area contributed by atoms with E-state index in [1.54, 1.807) is 38.4 Å². The van der Waals surface area contributed by atoms with Gasteiger partial charge in [0.15, 0.2) is 0 Å². The second-order valence-corrected chi connectivity index (χ2v) is 16.3. The fourth-order valence-corrected chi connectivity index (χ4v) is 8.35. The molecule has 61 heavy (non-hydrogen) atoms. The minimum Gasteiger partial charge on any atom is -0.441 e. The van der Waals surface area contributed by atoms with Gasteiger partial charge in [0.1, 0.15) is 35.2 Å². The average molecular weight is 883 g/mol. The van der Waals surface area contributed by atoms with Crippen molar-refractivity contribution in [3.63, 3.8) is 0 Å². The summed E-state index contributed by atoms with van der Waals surface area (Å²) in [5.74, 6) is -0.828. The quantitative estimate of drug-likeness (QED) is 0.146. The molecule has 2 saturated heterocycles. The summed E-state index contributed by atoms with van der Waals surface area (Å²) in [7, 11) is -7.47. The number of rotatable bonds is 14. The monoisotopic (exact) mass is 882 g/mol. The topological polar surface area (TPSA) is 274 Å². The van der Waals surface area contributed by atoms with Crippen molar-refractivity contribution in [3.8, 4) is 45.3 Å². The molecule has 0 unspecified atom stereocenters. The smallest absolute Gasteiger partial charge is 0.441 e. The number of amides is 2. The van der Waals surface area contributed by atoms with Gasteiger partial charge in [-0.3, -0.25) is 28.8 Å². The van der Waals surface area contributed by atoms with Crippen LogP contribution in [0.25, 0.3) is 45.3 Å². The van der Waals surface area contributed by atoms with Crippen LogP contribution in [0.4, 0.5) is 29.7 Å². The maximum Gasteiger partial charge on any atom is 0.483 e. The Labute approximate surface area is 341 Å². The number of hydrogen-bond acceptors (Lipinski definition) is 17. The number of halogens is 2. The number of phosphoric acid groups is 2. The lowest BCUT2D eigenvalue weighted by atomic mass is 10.1. The Bertz CT molecular complexity index is 2550. The van der Waals surface area contributed by atoms with Crippen LogP contribution in [0.5, 0.6) is 0 Å². The molecule has 2 aromatic carbocycles. The van der Waals surface area contributed by atoms with E-state index in [-0.39, 0.29) is 47.2 Å². The Kier molecular flexibility index (Phi) is 11.2. The summed E-state index contributed by atoms with van der Waals surface area (Å²) in [5, 5.41) is 23.4. The Morgan fingerprint density at radius 3 is 1.49 bits per heavy atom. The summed E-state index contributed by atoms with van der Waals surface area (Å²) in [6.45, 7) is -2.03. The van der Waals surface area contributed by atoms with Crippen molar-refractivity contribution in [2.45, 2.75) is 12.2 Å². The minimum atomic E-state index is -5.52. The number of phosphoric ester groups is 1. The number of aryl methyl sites for hydroxylation is 2. The van der Waals surface area contributed by atoms with Gasteiger partial charge in [-0.15, -0.1) is 20.4 Å². The van der Waals surface area contributed by atoms with E-state index in [0.717, 1.165) is 21.9 Å². The first-order valence-corrected chi connectivity index (χ1v) is 20.7. The molecule has 2 aliphatic heterocycles. The molecule has 2 aliphatic rings. The van der Waals surface area contributed by atoms with Crippen molar-refractivity contribution in [1.82, 2.24) is 50.4 Å². The third kappa shape index (κ3) is 9.32. The Morgan fingerprint density at radius 1 is 0.705 bits per heavy atom. The van der Waals surface area contributed by atoms with E-state index in [1.807, 2.05) is 0 Å². The van der Waals surface area contributed by atoms with Gasteiger partial charge >= 0.3 is 27.8 Å². The molecule has 2 fully saturated rings. The molecule has 0 spiro atoms. The Morgan fingerprint density at radius 2 is 1.15 bits per heavy atom. The van der Waals surface area contributed by atoms with Gasteiger partial charge in [0.2, 0.25) is 11.6 Å². The zero-order valence-electron chi connectivity index (χ0n) is 31.5. The number of carbonyl (C=O) groups excluding carboxylic acids is 2. The van der Waals surface area contributed by atoms with Gasteiger partial charge in [-0.2, -0.15) is 13.9 Å². The molecule has 0 saturated carbocycles. The van der Waals surface area contributed by atoms with E-state index in [0.29, 0.717) is 22.5 Å². The highest BCUT2D eigenvalue weighted by atomic mass is 31.3. The second kappa shape index (κ2) is 16.5. The minimum absolute atomic E-state index is 0.0955. The van der Waals surface area contributed by atoms with Crippen LogP contribution < -0.4 is 9.80 Å². The highest BCUT2D eigenvalue weighted by Crippen LogP contribution is 2.61. The largest absolute Gasteiger partial charge is 0.483 e. The standard InChI is InChI=1S/C34H30F2N12O11P2/c1-45-41-31(39-43-45)29-9-3-19(13-37-29)25-7-5-21(11-27(25)35)47-15-23(57-33(47)49)17-55-61(54,59-60(51,52)53)56-18-24-16-48(34(50)58-24)22-6-8-26(28(36)12-22)20-4-10-30(38-14-20)32-40-44-46(2)42-32/h3-14,23-24H,15-18H2,1-2H3,(H2,51,52,53)/t23-,24-/m1/s1. The van der Waals surface area contributed by atoms with E-state index in [4.69, 9.17) is 18.5 Å². The summed E-state index contributed by atoms with van der Waals surface area (Å²) in [6.07, 6.45) is -1.39. The average Bonchev–Trinajstić information content (AvgIpc) is 4.03. The number of cyclic esters (lactones) is 2. The summed E-state index contributed by atoms with van der Waals surface area (Å²) in [4.78, 5) is 57.7. The molecule has 27 heteroatoms. The van der Waals surface area contributed by atoms with Gasteiger partial charge in [-0.1, -0.05) is 12.1 Å². The van der Waals surface area contributed by atoms with Gasteiger partial charge in [0.05, 0.1) is 51.8 Å². The molecule has 0 aliphatic carbocycles. The third-order valence-electron chi connectivity index (χ3n) is 8.94. The summed E-state index contributed by atoms with van der Waals surface area (Å²) < 4.78 is 81.1. The van der Waals surface area contributed by atoms with E-state index in [1.165, 1.54) is 46.3 Å². The number of tetrazole rings is 2. The van der Waals surface area contributed by atoms with Crippen molar-refractivity contribution in [3.05, 3.63) is 84.7 Å². The Balaban J connectivity index is 0.871. The number of anilines is 2. The fraction of sp³-hybridized carbons (Fsp3) is 0.235. The highest BCUT2D eigenvalue weighted by molar-refractivity contribution is 7.61. The molecule has 316 valence electrons. The van der Waals surface area contributed by atoms with Gasteiger partial charge in [-0.05, 0) is 59.0 Å². The number of nitrogens with zero attached hydrogens (tertiary/aromatic N) is 12. The van der Waals surface area contributed by atoms with Crippen LogP contribution in [0, 0.1) is 11.6 Å². The third-order valence-corrected chi connectivity index (χ3v) is 11.5. The van der Waals surface area contributed by atoms with Gasteiger partial charge in [0, 0.05) is 34.6 Å². The van der Waals surface area contributed by atoms with E-state index < -0.39 is 64.9 Å². The lowest BCUT2D eigenvalue weighted by Gasteiger charge is -2.20. The molecule has 6 heterocycles. The fourth-order valence-electron chi connectivity index (χ4n) is 6.16. The molecule has 8 rings (SSSR count). The zero-order chi connectivity index (χ0) is 43.1. The van der Waals surface area contributed by atoms with Gasteiger partial charge in [-0.25, -0.2) is 27.5 Å². The van der Waals surface area contributed by atoms with Crippen LogP contribution in [0.15, 0.2) is 73.1 Å².